The summed E-state index contributed by atoms with van der Waals surface area (Å²) < 4.78 is 0. The van der Waals surface area contributed by atoms with Crippen molar-refractivity contribution in [2.24, 2.45) is 0 Å². The van der Waals surface area contributed by atoms with Crippen LogP contribution in [0.3, 0.4) is 0 Å². The van der Waals surface area contributed by atoms with Gasteiger partial charge in [0.15, 0.2) is 0 Å². The molecule has 0 aliphatic rings. The maximum absolute atomic E-state index is 12.4. The normalized spacial score (nSPS) is 10.3. The van der Waals surface area contributed by atoms with Gasteiger partial charge in [-0.05, 0) is 38.0 Å². The van der Waals surface area contributed by atoms with Crippen LogP contribution in [-0.4, -0.2) is 39.4 Å². The number of carbonyl (C=O) groups is 1. The second-order valence-electron chi connectivity index (χ2n) is 4.75. The van der Waals surface area contributed by atoms with E-state index in [0.29, 0.717) is 12.1 Å². The molecule has 0 atom stereocenters. The van der Waals surface area contributed by atoms with Crippen molar-refractivity contribution in [2.45, 2.75) is 20.3 Å². The Bertz CT molecular complexity index is 578. The minimum absolute atomic E-state index is 0.0327. The van der Waals surface area contributed by atoms with E-state index >= 15 is 0 Å². The van der Waals surface area contributed by atoms with E-state index in [0.717, 1.165) is 23.4 Å². The van der Waals surface area contributed by atoms with Crippen molar-refractivity contribution >= 4 is 5.91 Å². The van der Waals surface area contributed by atoms with Gasteiger partial charge in [0.05, 0.1) is 17.0 Å². The van der Waals surface area contributed by atoms with E-state index < -0.39 is 0 Å². The Labute approximate surface area is 118 Å². The number of aryl methyl sites for hydroxylation is 2. The van der Waals surface area contributed by atoms with Crippen LogP contribution in [-0.2, 0) is 6.42 Å². The van der Waals surface area contributed by atoms with Crippen molar-refractivity contribution in [3.63, 3.8) is 0 Å². The van der Waals surface area contributed by atoms with Crippen molar-refractivity contribution in [2.75, 3.05) is 13.6 Å². The molecule has 0 saturated carbocycles. The minimum atomic E-state index is -0.0327. The fraction of sp³-hybridized carbons (Fsp3) is 0.333. The lowest BCUT2D eigenvalue weighted by atomic mass is 10.1. The number of likely N-dealkylation sites (N-methyl/N-ethyl adjacent to an activating group) is 1. The number of amides is 1. The molecule has 0 spiro atoms. The molecular formula is C15H18N4O. The van der Waals surface area contributed by atoms with Crippen molar-refractivity contribution in [1.29, 1.82) is 0 Å². The second-order valence-corrected chi connectivity index (χ2v) is 4.75. The summed E-state index contributed by atoms with van der Waals surface area (Å²) in [6.07, 6.45) is 5.81. The zero-order valence-corrected chi connectivity index (χ0v) is 12.0. The van der Waals surface area contributed by atoms with Crippen LogP contribution in [0.4, 0.5) is 0 Å². The van der Waals surface area contributed by atoms with Crippen molar-refractivity contribution < 1.29 is 4.79 Å². The Morgan fingerprint density at radius 3 is 2.35 bits per heavy atom. The summed E-state index contributed by atoms with van der Waals surface area (Å²) in [5, 5.41) is 0. The number of hydrogen-bond donors (Lipinski definition) is 0. The van der Waals surface area contributed by atoms with Crippen LogP contribution in [0.5, 0.6) is 0 Å². The highest BCUT2D eigenvalue weighted by Gasteiger charge is 2.17. The van der Waals surface area contributed by atoms with Gasteiger partial charge in [0.25, 0.3) is 5.91 Å². The fourth-order valence-corrected chi connectivity index (χ4v) is 2.04. The summed E-state index contributed by atoms with van der Waals surface area (Å²) >= 11 is 0. The molecule has 2 aromatic rings. The lowest BCUT2D eigenvalue weighted by Crippen LogP contribution is -2.30. The summed E-state index contributed by atoms with van der Waals surface area (Å²) in [6, 6.07) is 3.92. The topological polar surface area (TPSA) is 59.0 Å². The Morgan fingerprint density at radius 1 is 1.15 bits per heavy atom. The molecule has 5 heteroatoms. The fourth-order valence-electron chi connectivity index (χ4n) is 2.04. The first-order chi connectivity index (χ1) is 9.59. The lowest BCUT2D eigenvalue weighted by molar-refractivity contribution is 0.0794. The summed E-state index contributed by atoms with van der Waals surface area (Å²) in [7, 11) is 1.80. The van der Waals surface area contributed by atoms with Gasteiger partial charge in [-0.25, -0.2) is 9.97 Å². The van der Waals surface area contributed by atoms with E-state index in [9.17, 15) is 4.79 Å². The van der Waals surface area contributed by atoms with Crippen LogP contribution in [0.25, 0.3) is 0 Å². The summed E-state index contributed by atoms with van der Waals surface area (Å²) in [5.74, 6) is -0.0327. The number of nitrogens with zero attached hydrogens (tertiary/aromatic N) is 4. The molecule has 5 nitrogen and oxygen atoms in total. The Morgan fingerprint density at radius 2 is 1.75 bits per heavy atom. The first-order valence-electron chi connectivity index (χ1n) is 6.52. The number of rotatable bonds is 4. The highest BCUT2D eigenvalue weighted by molar-refractivity contribution is 5.96. The van der Waals surface area contributed by atoms with Gasteiger partial charge in [-0.2, -0.15) is 0 Å². The molecular weight excluding hydrogens is 252 g/mol. The van der Waals surface area contributed by atoms with Crippen LogP contribution in [0.1, 0.15) is 27.3 Å². The van der Waals surface area contributed by atoms with Crippen LogP contribution >= 0.6 is 0 Å². The van der Waals surface area contributed by atoms with E-state index in [4.69, 9.17) is 0 Å². The quantitative estimate of drug-likeness (QED) is 0.850. The zero-order chi connectivity index (χ0) is 14.5. The number of aromatic nitrogens is 3. The Hall–Kier alpha value is -2.30. The maximum atomic E-state index is 12.4. The van der Waals surface area contributed by atoms with Crippen LogP contribution in [0.15, 0.2) is 30.9 Å². The predicted octanol–water partition coefficient (Wildman–Crippen LogP) is 1.80. The SMILES string of the molecule is Cc1ncnc(C)c1C(=O)N(C)CCc1ccncc1. The first-order valence-corrected chi connectivity index (χ1v) is 6.52. The van der Waals surface area contributed by atoms with Gasteiger partial charge in [0, 0.05) is 26.0 Å². The van der Waals surface area contributed by atoms with Crippen LogP contribution < -0.4 is 0 Å². The van der Waals surface area contributed by atoms with Gasteiger partial charge < -0.3 is 4.90 Å². The monoisotopic (exact) mass is 270 g/mol. The molecule has 1 amide bonds. The molecule has 2 aromatic heterocycles. The second kappa shape index (κ2) is 6.23. The lowest BCUT2D eigenvalue weighted by Gasteiger charge is -2.18. The van der Waals surface area contributed by atoms with Gasteiger partial charge >= 0.3 is 0 Å². The molecule has 2 rings (SSSR count). The first kappa shape index (κ1) is 14.1. The van der Waals surface area contributed by atoms with Crippen LogP contribution in [0, 0.1) is 13.8 Å². The highest BCUT2D eigenvalue weighted by atomic mass is 16.2. The van der Waals surface area contributed by atoms with E-state index in [1.54, 1.807) is 24.3 Å². The Kier molecular flexibility index (Phi) is 4.40. The van der Waals surface area contributed by atoms with Gasteiger partial charge in [-0.3, -0.25) is 9.78 Å². The Balaban J connectivity index is 2.06. The van der Waals surface area contributed by atoms with Crippen molar-refractivity contribution in [3.8, 4) is 0 Å². The third-order valence-corrected chi connectivity index (χ3v) is 3.27. The van der Waals surface area contributed by atoms with E-state index in [2.05, 4.69) is 15.0 Å². The molecule has 20 heavy (non-hydrogen) atoms. The molecule has 0 radical (unpaired) electrons. The summed E-state index contributed by atoms with van der Waals surface area (Å²) in [5.41, 5.74) is 3.21. The van der Waals surface area contributed by atoms with E-state index in [1.165, 1.54) is 6.33 Å². The molecule has 0 aromatic carbocycles. The molecule has 104 valence electrons. The molecule has 0 N–H and O–H groups in total. The maximum Gasteiger partial charge on any atom is 0.257 e. The predicted molar refractivity (Wildman–Crippen MR) is 76.4 cm³/mol. The third-order valence-electron chi connectivity index (χ3n) is 3.27. The van der Waals surface area contributed by atoms with E-state index in [-0.39, 0.29) is 5.91 Å². The molecule has 0 bridgehead atoms. The largest absolute Gasteiger partial charge is 0.341 e. The van der Waals surface area contributed by atoms with E-state index in [1.807, 2.05) is 26.0 Å². The molecule has 2 heterocycles. The van der Waals surface area contributed by atoms with Gasteiger partial charge in [0.2, 0.25) is 0 Å². The molecule has 0 unspecified atom stereocenters. The summed E-state index contributed by atoms with van der Waals surface area (Å²) in [6.45, 7) is 4.31. The standard InChI is InChI=1S/C15H18N4O/c1-11-14(12(2)18-10-17-11)15(20)19(3)9-6-13-4-7-16-8-5-13/h4-5,7-8,10H,6,9H2,1-3H3. The molecule has 0 aliphatic carbocycles. The smallest absolute Gasteiger partial charge is 0.257 e. The van der Waals surface area contributed by atoms with Crippen LogP contribution in [0.2, 0.25) is 0 Å². The molecule has 0 fully saturated rings. The molecule has 0 saturated heterocycles. The number of pyridine rings is 1. The van der Waals surface area contributed by atoms with Crippen molar-refractivity contribution in [1.82, 2.24) is 19.9 Å². The van der Waals surface area contributed by atoms with Gasteiger partial charge in [-0.1, -0.05) is 0 Å². The van der Waals surface area contributed by atoms with Crippen molar-refractivity contribution in [3.05, 3.63) is 53.4 Å². The summed E-state index contributed by atoms with van der Waals surface area (Å²) in [4.78, 5) is 26.3. The minimum Gasteiger partial charge on any atom is -0.341 e. The number of carbonyl (C=O) groups excluding carboxylic acids is 1. The number of hydrogen-bond acceptors (Lipinski definition) is 4. The average molecular weight is 270 g/mol. The van der Waals surface area contributed by atoms with Gasteiger partial charge in [0.1, 0.15) is 6.33 Å². The highest BCUT2D eigenvalue weighted by Crippen LogP contribution is 2.11. The third kappa shape index (κ3) is 3.17. The zero-order valence-electron chi connectivity index (χ0n) is 12.0. The average Bonchev–Trinajstić information content (AvgIpc) is 2.45. The van der Waals surface area contributed by atoms with Gasteiger partial charge in [-0.15, -0.1) is 0 Å². The molecule has 0 aliphatic heterocycles.